The first-order valence-corrected chi connectivity index (χ1v) is 9.26. The molecular formula is C23H24O7. The average molecular weight is 412 g/mol. The molecule has 158 valence electrons. The monoisotopic (exact) mass is 412 g/mol. The van der Waals surface area contributed by atoms with E-state index in [-0.39, 0.29) is 40.0 Å². The molecule has 0 bridgehead atoms. The lowest BCUT2D eigenvalue weighted by Crippen LogP contribution is -2.07. The fourth-order valence-electron chi connectivity index (χ4n) is 3.30. The van der Waals surface area contributed by atoms with E-state index in [0.717, 1.165) is 5.57 Å². The molecule has 0 aliphatic rings. The van der Waals surface area contributed by atoms with Crippen LogP contribution in [-0.2, 0) is 6.42 Å². The van der Waals surface area contributed by atoms with Crippen LogP contribution < -0.4 is 19.6 Å². The minimum absolute atomic E-state index is 0.0145. The van der Waals surface area contributed by atoms with Gasteiger partial charge in [-0.3, -0.25) is 4.79 Å². The summed E-state index contributed by atoms with van der Waals surface area (Å²) in [6.07, 6.45) is 3.39. The summed E-state index contributed by atoms with van der Waals surface area (Å²) in [6.45, 7) is 3.82. The van der Waals surface area contributed by atoms with Crippen molar-refractivity contribution in [3.63, 3.8) is 0 Å². The topological polar surface area (TPSA) is 98.4 Å². The number of phenolic OH excluding ortho intramolecular Hbond substituents is 2. The molecule has 0 saturated carbocycles. The van der Waals surface area contributed by atoms with E-state index < -0.39 is 5.43 Å². The third-order valence-corrected chi connectivity index (χ3v) is 4.83. The van der Waals surface area contributed by atoms with Crippen molar-refractivity contribution in [1.29, 1.82) is 0 Å². The molecule has 7 nitrogen and oxygen atoms in total. The van der Waals surface area contributed by atoms with Crippen molar-refractivity contribution in [2.45, 2.75) is 20.3 Å². The highest BCUT2D eigenvalue weighted by molar-refractivity contribution is 5.91. The van der Waals surface area contributed by atoms with Gasteiger partial charge >= 0.3 is 0 Å². The van der Waals surface area contributed by atoms with Crippen LogP contribution in [0.25, 0.3) is 22.1 Å². The standard InChI is InChI=1S/C23H24O7/c1-12(2)6-7-14-16(24)10-18-19(20(14)25)21(26)15(11-30-18)13-8-9-17(27-3)23(29-5)22(13)28-4/h6,8-11,24-25H,7H2,1-5H3. The molecule has 7 heteroatoms. The number of methoxy groups -OCH3 is 3. The molecule has 1 heterocycles. The predicted octanol–water partition coefficient (Wildman–Crippen LogP) is 4.41. The smallest absolute Gasteiger partial charge is 0.204 e. The third kappa shape index (κ3) is 3.54. The summed E-state index contributed by atoms with van der Waals surface area (Å²) in [6, 6.07) is 4.64. The van der Waals surface area contributed by atoms with Crippen LogP contribution in [-0.4, -0.2) is 31.5 Å². The molecular weight excluding hydrogens is 388 g/mol. The zero-order valence-electron chi connectivity index (χ0n) is 17.5. The molecule has 3 rings (SSSR count). The maximum atomic E-state index is 13.3. The Morgan fingerprint density at radius 1 is 1.03 bits per heavy atom. The third-order valence-electron chi connectivity index (χ3n) is 4.83. The van der Waals surface area contributed by atoms with E-state index in [1.54, 1.807) is 12.1 Å². The summed E-state index contributed by atoms with van der Waals surface area (Å²) in [5.41, 5.74) is 1.49. The first kappa shape index (κ1) is 21.1. The fraction of sp³-hybridized carbons (Fsp3) is 0.261. The van der Waals surface area contributed by atoms with Crippen LogP contribution in [0, 0.1) is 0 Å². The molecule has 0 fully saturated rings. The van der Waals surface area contributed by atoms with E-state index in [9.17, 15) is 15.0 Å². The molecule has 0 radical (unpaired) electrons. The lowest BCUT2D eigenvalue weighted by Gasteiger charge is -2.16. The zero-order valence-corrected chi connectivity index (χ0v) is 17.5. The number of rotatable bonds is 6. The first-order chi connectivity index (χ1) is 14.3. The number of hydrogen-bond donors (Lipinski definition) is 2. The quantitative estimate of drug-likeness (QED) is 0.579. The zero-order chi connectivity index (χ0) is 22.0. The van der Waals surface area contributed by atoms with Gasteiger partial charge in [0.15, 0.2) is 11.5 Å². The van der Waals surface area contributed by atoms with Gasteiger partial charge < -0.3 is 28.8 Å². The van der Waals surface area contributed by atoms with Crippen LogP contribution in [0.3, 0.4) is 0 Å². The Kier molecular flexibility index (Phi) is 5.91. The Bertz CT molecular complexity index is 1180. The molecule has 30 heavy (non-hydrogen) atoms. The van der Waals surface area contributed by atoms with Crippen molar-refractivity contribution < 1.29 is 28.8 Å². The normalized spacial score (nSPS) is 10.7. The number of benzene rings is 2. The maximum absolute atomic E-state index is 13.3. The van der Waals surface area contributed by atoms with Crippen molar-refractivity contribution in [2.24, 2.45) is 0 Å². The van der Waals surface area contributed by atoms with Crippen LogP contribution in [0.2, 0.25) is 0 Å². The number of phenols is 2. The highest BCUT2D eigenvalue weighted by Crippen LogP contribution is 2.44. The van der Waals surface area contributed by atoms with Crippen molar-refractivity contribution in [2.75, 3.05) is 21.3 Å². The first-order valence-electron chi connectivity index (χ1n) is 9.26. The minimum atomic E-state index is -0.460. The Hall–Kier alpha value is -3.61. The molecule has 3 aromatic rings. The summed E-state index contributed by atoms with van der Waals surface area (Å²) >= 11 is 0. The molecule has 0 atom stereocenters. The van der Waals surface area contributed by atoms with E-state index >= 15 is 0 Å². The van der Waals surface area contributed by atoms with Gasteiger partial charge in [-0.25, -0.2) is 0 Å². The number of fused-ring (bicyclic) bond motifs is 1. The van der Waals surface area contributed by atoms with Crippen molar-refractivity contribution >= 4 is 11.0 Å². The van der Waals surface area contributed by atoms with Crippen molar-refractivity contribution in [3.05, 3.63) is 51.9 Å². The second-order valence-corrected chi connectivity index (χ2v) is 6.94. The summed E-state index contributed by atoms with van der Waals surface area (Å²) in [5, 5.41) is 21.1. The van der Waals surface area contributed by atoms with Gasteiger partial charge in [-0.1, -0.05) is 11.6 Å². The Morgan fingerprint density at radius 3 is 2.33 bits per heavy atom. The van der Waals surface area contributed by atoms with Gasteiger partial charge in [-0.15, -0.1) is 0 Å². The van der Waals surface area contributed by atoms with Gasteiger partial charge in [0.25, 0.3) is 0 Å². The second-order valence-electron chi connectivity index (χ2n) is 6.94. The van der Waals surface area contributed by atoms with Crippen LogP contribution in [0.5, 0.6) is 28.7 Å². The summed E-state index contributed by atoms with van der Waals surface area (Å²) in [7, 11) is 4.42. The van der Waals surface area contributed by atoms with Crippen LogP contribution in [0.1, 0.15) is 19.4 Å². The number of hydrogen-bond acceptors (Lipinski definition) is 7. The fourth-order valence-corrected chi connectivity index (χ4v) is 3.30. The van der Waals surface area contributed by atoms with E-state index in [1.165, 1.54) is 33.7 Å². The second kappa shape index (κ2) is 8.41. The molecule has 1 aromatic heterocycles. The Morgan fingerprint density at radius 2 is 1.73 bits per heavy atom. The molecule has 0 amide bonds. The van der Waals surface area contributed by atoms with E-state index in [2.05, 4.69) is 0 Å². The molecule has 0 saturated heterocycles. The minimum Gasteiger partial charge on any atom is -0.507 e. The highest BCUT2D eigenvalue weighted by atomic mass is 16.5. The van der Waals surface area contributed by atoms with Gasteiger partial charge in [-0.2, -0.15) is 0 Å². The van der Waals surface area contributed by atoms with Gasteiger partial charge in [0.05, 0.1) is 26.9 Å². The maximum Gasteiger partial charge on any atom is 0.204 e. The number of allylic oxidation sites excluding steroid dienone is 2. The summed E-state index contributed by atoms with van der Waals surface area (Å²) in [4.78, 5) is 13.3. The van der Waals surface area contributed by atoms with Crippen molar-refractivity contribution in [3.8, 4) is 39.9 Å². The van der Waals surface area contributed by atoms with E-state index in [4.69, 9.17) is 18.6 Å². The number of aromatic hydroxyl groups is 2. The van der Waals surface area contributed by atoms with Crippen LogP contribution >= 0.6 is 0 Å². The predicted molar refractivity (Wildman–Crippen MR) is 114 cm³/mol. The SMILES string of the molecule is COc1ccc(-c2coc3cc(O)c(CC=C(C)C)c(O)c3c2=O)c(OC)c1OC. The summed E-state index contributed by atoms with van der Waals surface area (Å²) < 4.78 is 21.7. The highest BCUT2D eigenvalue weighted by Gasteiger charge is 2.23. The molecule has 0 unspecified atom stereocenters. The van der Waals surface area contributed by atoms with Gasteiger partial charge in [0.2, 0.25) is 11.2 Å². The molecule has 0 aliphatic carbocycles. The molecule has 0 aliphatic heterocycles. The van der Waals surface area contributed by atoms with E-state index in [0.29, 0.717) is 22.8 Å². The van der Waals surface area contributed by atoms with Gasteiger partial charge in [-0.05, 0) is 32.4 Å². The summed E-state index contributed by atoms with van der Waals surface area (Å²) in [5.74, 6) is 0.623. The van der Waals surface area contributed by atoms with Gasteiger partial charge in [0.1, 0.15) is 28.7 Å². The van der Waals surface area contributed by atoms with E-state index in [1.807, 2.05) is 19.9 Å². The average Bonchev–Trinajstić information content (AvgIpc) is 2.72. The van der Waals surface area contributed by atoms with Crippen molar-refractivity contribution in [1.82, 2.24) is 0 Å². The Labute approximate surface area is 173 Å². The number of ether oxygens (including phenoxy) is 3. The lowest BCUT2D eigenvalue weighted by atomic mass is 10.00. The molecule has 2 N–H and O–H groups in total. The lowest BCUT2D eigenvalue weighted by molar-refractivity contribution is 0.325. The van der Waals surface area contributed by atoms with Crippen LogP contribution in [0.15, 0.2) is 45.3 Å². The molecule has 0 spiro atoms. The largest absolute Gasteiger partial charge is 0.507 e. The Balaban J connectivity index is 2.31. The molecule has 2 aromatic carbocycles. The van der Waals surface area contributed by atoms with Gasteiger partial charge in [0, 0.05) is 17.2 Å². The van der Waals surface area contributed by atoms with Crippen LogP contribution in [0.4, 0.5) is 0 Å².